The van der Waals surface area contributed by atoms with E-state index in [1.54, 1.807) is 24.3 Å². The van der Waals surface area contributed by atoms with Gasteiger partial charge in [0.15, 0.2) is 11.3 Å². The van der Waals surface area contributed by atoms with Crippen LogP contribution in [0.4, 0.5) is 5.00 Å². The number of hydrogen-bond acceptors (Lipinski definition) is 7. The van der Waals surface area contributed by atoms with E-state index in [-0.39, 0.29) is 18.2 Å². The molecular formula is C32H41N2O5S2-. The molecule has 1 aromatic heterocycles. The Kier molecular flexibility index (Phi) is 10.7. The highest BCUT2D eigenvalue weighted by Crippen LogP contribution is 2.43. The Bertz CT molecular complexity index is 1360. The van der Waals surface area contributed by atoms with E-state index in [1.165, 1.54) is 22.8 Å². The van der Waals surface area contributed by atoms with Gasteiger partial charge in [0.1, 0.15) is 5.00 Å². The van der Waals surface area contributed by atoms with Crippen molar-refractivity contribution in [3.8, 4) is 11.1 Å². The third-order valence-corrected chi connectivity index (χ3v) is 9.21. The SMILES string of the molecule is COC(=O)C(NCc1ccc(-c2cc(CC(C)C)sc2N(S(=O)[O-])C(C)(C)C)cc1)(C(=O)c1ccccc1)C(C)C. The van der Waals surface area contributed by atoms with Crippen LogP contribution in [0, 0.1) is 11.8 Å². The summed E-state index contributed by atoms with van der Waals surface area (Å²) in [6, 6.07) is 18.6. The first-order chi connectivity index (χ1) is 19.2. The molecule has 2 aromatic carbocycles. The molecule has 0 saturated heterocycles. The van der Waals surface area contributed by atoms with Gasteiger partial charge in [-0.2, -0.15) is 0 Å². The van der Waals surface area contributed by atoms with Gasteiger partial charge in [0, 0.05) is 39.4 Å². The number of ketones is 1. The van der Waals surface area contributed by atoms with Gasteiger partial charge >= 0.3 is 5.97 Å². The maximum absolute atomic E-state index is 13.7. The van der Waals surface area contributed by atoms with Gasteiger partial charge in [0.25, 0.3) is 0 Å². The lowest BCUT2D eigenvalue weighted by Gasteiger charge is -2.38. The molecule has 1 N–H and O–H groups in total. The molecule has 3 rings (SSSR count). The van der Waals surface area contributed by atoms with Crippen LogP contribution in [0.15, 0.2) is 60.7 Å². The molecule has 2 unspecified atom stereocenters. The highest BCUT2D eigenvalue weighted by atomic mass is 32.2. The third-order valence-electron chi connectivity index (χ3n) is 6.92. The number of nitrogens with one attached hydrogen (secondary N) is 1. The fourth-order valence-corrected chi connectivity index (χ4v) is 7.32. The normalized spacial score (nSPS) is 14.1. The number of carbonyl (C=O) groups excluding carboxylic acids is 2. The quantitative estimate of drug-likeness (QED) is 0.110. The summed E-state index contributed by atoms with van der Waals surface area (Å²) < 4.78 is 31.3. The first-order valence-corrected chi connectivity index (χ1v) is 15.6. The molecule has 7 nitrogen and oxygen atoms in total. The molecule has 1 heterocycles. The molecule has 2 atom stereocenters. The van der Waals surface area contributed by atoms with Crippen molar-refractivity contribution in [2.75, 3.05) is 11.4 Å². The van der Waals surface area contributed by atoms with Gasteiger partial charge in [-0.25, -0.2) is 4.79 Å². The average molecular weight is 598 g/mol. The van der Waals surface area contributed by atoms with Crippen molar-refractivity contribution in [3.63, 3.8) is 0 Å². The van der Waals surface area contributed by atoms with Gasteiger partial charge in [0.05, 0.1) is 7.11 Å². The number of hydrogen-bond donors (Lipinski definition) is 1. The second kappa shape index (κ2) is 13.4. The van der Waals surface area contributed by atoms with Gasteiger partial charge in [-0.1, -0.05) is 82.3 Å². The lowest BCUT2D eigenvalue weighted by Crippen LogP contribution is -2.62. The topological polar surface area (TPSA) is 98.8 Å². The number of nitrogens with zero attached hydrogens (tertiary/aromatic N) is 1. The maximum atomic E-state index is 13.7. The summed E-state index contributed by atoms with van der Waals surface area (Å²) in [6.07, 6.45) is 0.851. The maximum Gasteiger partial charge on any atom is 0.334 e. The van der Waals surface area contributed by atoms with Gasteiger partial charge in [0.2, 0.25) is 0 Å². The largest absolute Gasteiger partial charge is 0.755 e. The molecular weight excluding hydrogens is 556 g/mol. The van der Waals surface area contributed by atoms with Crippen LogP contribution >= 0.6 is 11.3 Å². The Balaban J connectivity index is 1.97. The molecule has 0 aliphatic rings. The molecule has 3 aromatic rings. The first kappa shape index (κ1) is 32.7. The lowest BCUT2D eigenvalue weighted by atomic mass is 9.79. The minimum Gasteiger partial charge on any atom is -0.755 e. The smallest absolute Gasteiger partial charge is 0.334 e. The van der Waals surface area contributed by atoms with Crippen molar-refractivity contribution >= 4 is 39.4 Å². The van der Waals surface area contributed by atoms with E-state index >= 15 is 0 Å². The Labute approximate surface area is 250 Å². The zero-order valence-corrected chi connectivity index (χ0v) is 26.8. The zero-order valence-electron chi connectivity index (χ0n) is 25.1. The van der Waals surface area contributed by atoms with Gasteiger partial charge < -0.3 is 9.29 Å². The molecule has 0 fully saturated rings. The number of Topliss-reactive ketones (excluding diaryl/α,β-unsaturated/α-hetero) is 1. The summed E-state index contributed by atoms with van der Waals surface area (Å²) in [5, 5.41) is 3.92. The molecule has 0 bridgehead atoms. The lowest BCUT2D eigenvalue weighted by molar-refractivity contribution is -0.148. The number of carbonyl (C=O) groups is 2. The summed E-state index contributed by atoms with van der Waals surface area (Å²) >= 11 is -0.942. The van der Waals surface area contributed by atoms with Crippen molar-refractivity contribution in [2.45, 2.75) is 72.5 Å². The molecule has 0 radical (unpaired) electrons. The van der Waals surface area contributed by atoms with E-state index in [4.69, 9.17) is 4.74 Å². The number of thiophene rings is 1. The standard InChI is InChI=1S/C32H42N2O5S2/c1-21(2)18-26-19-27(29(40-26)34(41(37)38)31(5,6)7)24-16-14-23(15-17-24)20-33-32(22(3)4,30(36)39-8)28(35)25-12-10-9-11-13-25/h9-17,19,21-22,33H,18,20H2,1-8H3,(H,37,38)/p-1. The van der Waals surface area contributed by atoms with Crippen molar-refractivity contribution in [1.29, 1.82) is 0 Å². The van der Waals surface area contributed by atoms with E-state index in [0.717, 1.165) is 28.0 Å². The molecule has 0 aliphatic heterocycles. The highest BCUT2D eigenvalue weighted by Gasteiger charge is 2.49. The van der Waals surface area contributed by atoms with Crippen molar-refractivity contribution < 1.29 is 23.1 Å². The second-order valence-corrected chi connectivity index (χ2v) is 13.8. The minimum absolute atomic E-state index is 0.250. The Morgan fingerprint density at radius 3 is 2.12 bits per heavy atom. The number of esters is 1. The number of rotatable bonds is 12. The average Bonchev–Trinajstić information content (AvgIpc) is 3.29. The van der Waals surface area contributed by atoms with E-state index in [0.29, 0.717) is 16.5 Å². The summed E-state index contributed by atoms with van der Waals surface area (Å²) in [7, 11) is 1.29. The van der Waals surface area contributed by atoms with E-state index < -0.39 is 28.3 Å². The molecule has 222 valence electrons. The minimum atomic E-state index is -2.45. The Morgan fingerprint density at radius 1 is 1.02 bits per heavy atom. The summed E-state index contributed by atoms with van der Waals surface area (Å²) in [6.45, 7) is 13.8. The van der Waals surface area contributed by atoms with E-state index in [9.17, 15) is 18.4 Å². The van der Waals surface area contributed by atoms with Crippen LogP contribution in [-0.2, 0) is 33.8 Å². The molecule has 0 amide bonds. The van der Waals surface area contributed by atoms with Gasteiger partial charge in [-0.3, -0.25) is 18.6 Å². The van der Waals surface area contributed by atoms with Gasteiger partial charge in [-0.05, 0) is 56.2 Å². The van der Waals surface area contributed by atoms with Crippen LogP contribution in [-0.4, -0.2) is 38.7 Å². The van der Waals surface area contributed by atoms with Crippen LogP contribution in [0.5, 0.6) is 0 Å². The zero-order chi connectivity index (χ0) is 30.5. The second-order valence-electron chi connectivity index (χ2n) is 11.9. The molecule has 9 heteroatoms. The predicted molar refractivity (Wildman–Crippen MR) is 167 cm³/mol. The van der Waals surface area contributed by atoms with E-state index in [2.05, 4.69) is 25.2 Å². The van der Waals surface area contributed by atoms with Crippen molar-refractivity contribution in [3.05, 3.63) is 76.7 Å². The number of benzene rings is 2. The summed E-state index contributed by atoms with van der Waals surface area (Å²) in [5.41, 5.74) is 0.836. The van der Waals surface area contributed by atoms with Crippen LogP contribution in [0.2, 0.25) is 0 Å². The van der Waals surface area contributed by atoms with Crippen LogP contribution < -0.4 is 9.62 Å². The highest BCUT2D eigenvalue weighted by molar-refractivity contribution is 7.81. The fraction of sp³-hybridized carbons (Fsp3) is 0.438. The monoisotopic (exact) mass is 597 g/mol. The molecule has 0 spiro atoms. The number of methoxy groups -OCH3 is 1. The van der Waals surface area contributed by atoms with E-state index in [1.807, 2.05) is 65.0 Å². The van der Waals surface area contributed by atoms with Crippen LogP contribution in [0.25, 0.3) is 11.1 Å². The Hall–Kier alpha value is -2.85. The fourth-order valence-electron chi connectivity index (χ4n) is 4.86. The molecule has 0 saturated carbocycles. The van der Waals surface area contributed by atoms with Gasteiger partial charge in [-0.15, -0.1) is 11.3 Å². The number of ether oxygens (including phenoxy) is 1. The third kappa shape index (κ3) is 7.33. The molecule has 41 heavy (non-hydrogen) atoms. The van der Waals surface area contributed by atoms with Crippen molar-refractivity contribution in [2.24, 2.45) is 11.8 Å². The van der Waals surface area contributed by atoms with Crippen LogP contribution in [0.1, 0.15) is 69.3 Å². The Morgan fingerprint density at radius 2 is 1.63 bits per heavy atom. The number of anilines is 1. The van der Waals surface area contributed by atoms with Crippen molar-refractivity contribution in [1.82, 2.24) is 5.32 Å². The molecule has 0 aliphatic carbocycles. The predicted octanol–water partition coefficient (Wildman–Crippen LogP) is 6.55. The summed E-state index contributed by atoms with van der Waals surface area (Å²) in [4.78, 5) is 27.9. The summed E-state index contributed by atoms with van der Waals surface area (Å²) in [5.74, 6) is -0.930. The van der Waals surface area contributed by atoms with Crippen LogP contribution in [0.3, 0.4) is 0 Å². The first-order valence-electron chi connectivity index (χ1n) is 13.8.